The molecule has 0 bridgehead atoms. The maximum atomic E-state index is 14.9. The Labute approximate surface area is 195 Å². The van der Waals surface area contributed by atoms with E-state index in [-0.39, 0.29) is 17.7 Å². The molecule has 0 aromatic heterocycles. The largest absolute Gasteiger partial charge is 0.508 e. The van der Waals surface area contributed by atoms with Gasteiger partial charge in [0.05, 0.1) is 0 Å². The van der Waals surface area contributed by atoms with Crippen LogP contribution < -0.4 is 10.2 Å². The third kappa shape index (κ3) is 3.71. The van der Waals surface area contributed by atoms with Gasteiger partial charge in [0, 0.05) is 37.8 Å². The van der Waals surface area contributed by atoms with Crippen LogP contribution >= 0.6 is 0 Å². The van der Waals surface area contributed by atoms with Crippen LogP contribution in [0, 0.1) is 11.2 Å². The number of benzene rings is 3. The van der Waals surface area contributed by atoms with Crippen LogP contribution in [0.3, 0.4) is 0 Å². The summed E-state index contributed by atoms with van der Waals surface area (Å²) in [5.41, 5.74) is 6.21. The van der Waals surface area contributed by atoms with Gasteiger partial charge in [-0.25, -0.2) is 4.39 Å². The molecule has 2 aliphatic heterocycles. The number of aryl methyl sites for hydroxylation is 1. The van der Waals surface area contributed by atoms with Crippen molar-refractivity contribution in [2.75, 3.05) is 31.1 Å². The molecular weight excluding hydrogens is 411 g/mol. The van der Waals surface area contributed by atoms with Crippen molar-refractivity contribution in [1.29, 1.82) is 0 Å². The number of aromatic hydroxyl groups is 1. The zero-order chi connectivity index (χ0) is 22.4. The Balaban J connectivity index is 1.32. The minimum absolute atomic E-state index is 0.0750. The summed E-state index contributed by atoms with van der Waals surface area (Å²) in [7, 11) is 0. The second-order valence-corrected chi connectivity index (χ2v) is 10.2. The average Bonchev–Trinajstić information content (AvgIpc) is 2.83. The monoisotopic (exact) mass is 442 g/mol. The molecule has 2 heterocycles. The fraction of sp³-hybridized carbons (Fsp3) is 0.379. The van der Waals surface area contributed by atoms with Crippen LogP contribution in [0.1, 0.15) is 53.4 Å². The lowest BCUT2D eigenvalue weighted by molar-refractivity contribution is 0.126. The Morgan fingerprint density at radius 3 is 2.36 bits per heavy atom. The Morgan fingerprint density at radius 1 is 0.909 bits per heavy atom. The van der Waals surface area contributed by atoms with Crippen molar-refractivity contribution in [3.63, 3.8) is 0 Å². The molecular formula is C29H31FN2O. The molecule has 0 radical (unpaired) electrons. The molecule has 2 atom stereocenters. The van der Waals surface area contributed by atoms with Gasteiger partial charge in [-0.05, 0) is 89.6 Å². The predicted molar refractivity (Wildman–Crippen MR) is 131 cm³/mol. The van der Waals surface area contributed by atoms with Gasteiger partial charge in [-0.3, -0.25) is 0 Å². The summed E-state index contributed by atoms with van der Waals surface area (Å²) < 4.78 is 14.9. The number of hydrogen-bond donors (Lipinski definition) is 2. The molecule has 0 saturated carbocycles. The number of nitrogens with one attached hydrogen (secondary N) is 1. The van der Waals surface area contributed by atoms with Crippen LogP contribution in [0.25, 0.3) is 0 Å². The Kier molecular flexibility index (Phi) is 5.14. The van der Waals surface area contributed by atoms with Gasteiger partial charge in [-0.1, -0.05) is 36.4 Å². The summed E-state index contributed by atoms with van der Waals surface area (Å²) in [6.45, 7) is 4.58. The highest BCUT2D eigenvalue weighted by molar-refractivity contribution is 5.53. The molecule has 1 spiro atoms. The van der Waals surface area contributed by atoms with E-state index in [0.717, 1.165) is 31.5 Å². The van der Waals surface area contributed by atoms with Crippen molar-refractivity contribution in [2.24, 2.45) is 5.41 Å². The summed E-state index contributed by atoms with van der Waals surface area (Å²) in [4.78, 5) is 2.51. The van der Waals surface area contributed by atoms with Crippen molar-refractivity contribution >= 4 is 5.69 Å². The van der Waals surface area contributed by atoms with E-state index in [9.17, 15) is 9.50 Å². The van der Waals surface area contributed by atoms with Crippen LogP contribution in [0.15, 0.2) is 66.7 Å². The van der Waals surface area contributed by atoms with Gasteiger partial charge in [-0.2, -0.15) is 0 Å². The molecule has 3 aliphatic rings. The summed E-state index contributed by atoms with van der Waals surface area (Å²) >= 11 is 0. The van der Waals surface area contributed by atoms with E-state index in [2.05, 4.69) is 34.5 Å². The highest BCUT2D eigenvalue weighted by Crippen LogP contribution is 2.48. The molecule has 4 heteroatoms. The van der Waals surface area contributed by atoms with Crippen LogP contribution in [-0.4, -0.2) is 31.3 Å². The average molecular weight is 443 g/mol. The van der Waals surface area contributed by atoms with Gasteiger partial charge < -0.3 is 15.3 Å². The fourth-order valence-electron chi connectivity index (χ4n) is 6.29. The van der Waals surface area contributed by atoms with Crippen molar-refractivity contribution in [2.45, 2.75) is 37.5 Å². The predicted octanol–water partition coefficient (Wildman–Crippen LogP) is 5.58. The van der Waals surface area contributed by atoms with Gasteiger partial charge in [-0.15, -0.1) is 0 Å². The standard InChI is InChI=1S/C29H31FN2O/c30-27-4-2-1-3-25(27)26-11-7-21-17-23(33)10-12-24(21)28(26)20-5-8-22(9-6-20)32-15-13-29(14-16-32)18-31-19-29/h1-6,8-10,12,17,26,28,31,33H,7,11,13-16,18-19H2. The Morgan fingerprint density at radius 2 is 1.67 bits per heavy atom. The van der Waals surface area contributed by atoms with E-state index in [4.69, 9.17) is 0 Å². The lowest BCUT2D eigenvalue weighted by Gasteiger charge is -2.49. The van der Waals surface area contributed by atoms with Gasteiger partial charge in [0.25, 0.3) is 0 Å². The van der Waals surface area contributed by atoms with E-state index in [1.165, 1.54) is 48.3 Å². The molecule has 33 heavy (non-hydrogen) atoms. The third-order valence-electron chi connectivity index (χ3n) is 8.33. The first kappa shape index (κ1) is 20.7. The van der Waals surface area contributed by atoms with Crippen LogP contribution in [0.2, 0.25) is 0 Å². The lowest BCUT2D eigenvalue weighted by Crippen LogP contribution is -2.58. The van der Waals surface area contributed by atoms with E-state index in [0.29, 0.717) is 11.2 Å². The Hall–Kier alpha value is -2.85. The second kappa shape index (κ2) is 8.18. The van der Waals surface area contributed by atoms with Crippen molar-refractivity contribution in [3.05, 3.63) is 94.8 Å². The number of rotatable bonds is 3. The highest BCUT2D eigenvalue weighted by atomic mass is 19.1. The SMILES string of the molecule is Oc1ccc2c(c1)CCC(c1ccccc1F)C2c1ccc(N2CCC3(CC2)CNC3)cc1. The van der Waals surface area contributed by atoms with Gasteiger partial charge in [0.1, 0.15) is 11.6 Å². The molecule has 2 unspecified atom stereocenters. The maximum Gasteiger partial charge on any atom is 0.126 e. The molecule has 2 N–H and O–H groups in total. The summed E-state index contributed by atoms with van der Waals surface area (Å²) in [6.07, 6.45) is 4.24. The minimum Gasteiger partial charge on any atom is -0.508 e. The number of phenolic OH excluding ortho intramolecular Hbond substituents is 1. The molecule has 1 aliphatic carbocycles. The number of halogens is 1. The number of piperidine rings is 1. The van der Waals surface area contributed by atoms with E-state index < -0.39 is 0 Å². The third-order valence-corrected chi connectivity index (χ3v) is 8.33. The molecule has 3 aromatic rings. The molecule has 2 saturated heterocycles. The molecule has 170 valence electrons. The van der Waals surface area contributed by atoms with Crippen LogP contribution in [-0.2, 0) is 6.42 Å². The number of fused-ring (bicyclic) bond motifs is 1. The first-order valence-corrected chi connectivity index (χ1v) is 12.2. The quantitative estimate of drug-likeness (QED) is 0.556. The summed E-state index contributed by atoms with van der Waals surface area (Å²) in [5, 5.41) is 13.5. The smallest absolute Gasteiger partial charge is 0.126 e. The second-order valence-electron chi connectivity index (χ2n) is 10.2. The zero-order valence-corrected chi connectivity index (χ0v) is 18.9. The number of phenols is 1. The Bertz CT molecular complexity index is 1140. The molecule has 0 amide bonds. The minimum atomic E-state index is -0.126. The van der Waals surface area contributed by atoms with E-state index in [1.807, 2.05) is 24.3 Å². The zero-order valence-electron chi connectivity index (χ0n) is 18.9. The van der Waals surface area contributed by atoms with Gasteiger partial charge in [0.15, 0.2) is 0 Å². The first-order valence-electron chi connectivity index (χ1n) is 12.2. The van der Waals surface area contributed by atoms with E-state index >= 15 is 0 Å². The topological polar surface area (TPSA) is 35.5 Å². The fourth-order valence-corrected chi connectivity index (χ4v) is 6.29. The lowest BCUT2D eigenvalue weighted by atomic mass is 9.69. The van der Waals surface area contributed by atoms with Crippen LogP contribution in [0.4, 0.5) is 10.1 Å². The van der Waals surface area contributed by atoms with E-state index in [1.54, 1.807) is 18.2 Å². The van der Waals surface area contributed by atoms with Gasteiger partial charge >= 0.3 is 0 Å². The highest BCUT2D eigenvalue weighted by Gasteiger charge is 2.39. The maximum absolute atomic E-state index is 14.9. The number of anilines is 1. The number of nitrogens with zero attached hydrogens (tertiary/aromatic N) is 1. The molecule has 3 nitrogen and oxygen atoms in total. The van der Waals surface area contributed by atoms with Crippen LogP contribution in [0.5, 0.6) is 5.75 Å². The van der Waals surface area contributed by atoms with Crippen molar-refractivity contribution in [3.8, 4) is 5.75 Å². The molecule has 2 fully saturated rings. The molecule has 3 aromatic carbocycles. The van der Waals surface area contributed by atoms with Crippen molar-refractivity contribution < 1.29 is 9.50 Å². The summed E-state index contributed by atoms with van der Waals surface area (Å²) in [6, 6.07) is 21.9. The summed E-state index contributed by atoms with van der Waals surface area (Å²) in [5.74, 6) is 0.330. The molecule has 6 rings (SSSR count). The number of hydrogen-bond acceptors (Lipinski definition) is 3. The van der Waals surface area contributed by atoms with Crippen molar-refractivity contribution in [1.82, 2.24) is 5.32 Å². The van der Waals surface area contributed by atoms with Gasteiger partial charge in [0.2, 0.25) is 0 Å². The normalized spacial score (nSPS) is 23.7. The first-order chi connectivity index (χ1) is 16.1.